The second kappa shape index (κ2) is 4.23. The summed E-state index contributed by atoms with van der Waals surface area (Å²) >= 11 is 0. The molecule has 0 spiro atoms. The van der Waals surface area contributed by atoms with Crippen LogP contribution in [0.2, 0.25) is 0 Å². The van der Waals surface area contributed by atoms with Gasteiger partial charge in [0.25, 0.3) is 5.91 Å². The number of H-pyrrole nitrogens is 1. The molecule has 20 heavy (non-hydrogen) atoms. The standard InChI is InChI=1S/C13H9N3O4/c14-12(17)10-9-6(2-1-3-8(9)15-16-10)7-4-5-20-11(7)13(18)19/h1-5H,(H2,14,17)(H,15,16)(H,18,19). The lowest BCUT2D eigenvalue weighted by Gasteiger charge is -2.02. The maximum absolute atomic E-state index is 11.4. The first-order chi connectivity index (χ1) is 9.59. The van der Waals surface area contributed by atoms with Crippen LogP contribution in [0.4, 0.5) is 0 Å². The molecule has 0 saturated carbocycles. The fourth-order valence-electron chi connectivity index (χ4n) is 2.16. The first-order valence-corrected chi connectivity index (χ1v) is 5.67. The lowest BCUT2D eigenvalue weighted by molar-refractivity contribution is 0.0663. The van der Waals surface area contributed by atoms with Gasteiger partial charge in [0, 0.05) is 10.9 Å². The van der Waals surface area contributed by atoms with E-state index in [1.54, 1.807) is 18.2 Å². The Balaban J connectivity index is 2.36. The van der Waals surface area contributed by atoms with Crippen molar-refractivity contribution in [3.05, 3.63) is 42.0 Å². The quantitative estimate of drug-likeness (QED) is 0.668. The van der Waals surface area contributed by atoms with Crippen LogP contribution in [0.3, 0.4) is 0 Å². The number of nitrogens with one attached hydrogen (secondary N) is 1. The molecule has 2 heterocycles. The summed E-state index contributed by atoms with van der Waals surface area (Å²) in [5.74, 6) is -2.08. The minimum Gasteiger partial charge on any atom is -0.475 e. The Labute approximate surface area is 112 Å². The molecule has 0 aliphatic carbocycles. The highest BCUT2D eigenvalue weighted by Crippen LogP contribution is 2.32. The molecule has 3 aromatic rings. The number of hydrogen-bond acceptors (Lipinski definition) is 4. The Morgan fingerprint density at radius 2 is 2.05 bits per heavy atom. The van der Waals surface area contributed by atoms with E-state index in [2.05, 4.69) is 10.2 Å². The molecule has 3 rings (SSSR count). The van der Waals surface area contributed by atoms with Crippen LogP contribution in [0.25, 0.3) is 22.0 Å². The number of amides is 1. The van der Waals surface area contributed by atoms with E-state index in [1.165, 1.54) is 12.3 Å². The van der Waals surface area contributed by atoms with Gasteiger partial charge in [-0.15, -0.1) is 0 Å². The number of aromatic amines is 1. The van der Waals surface area contributed by atoms with E-state index in [4.69, 9.17) is 15.3 Å². The zero-order valence-electron chi connectivity index (χ0n) is 10.1. The molecule has 7 heteroatoms. The van der Waals surface area contributed by atoms with Crippen LogP contribution in [0.15, 0.2) is 34.9 Å². The van der Waals surface area contributed by atoms with Crippen molar-refractivity contribution in [3.8, 4) is 11.1 Å². The number of furan rings is 1. The topological polar surface area (TPSA) is 122 Å². The van der Waals surface area contributed by atoms with Gasteiger partial charge in [-0.1, -0.05) is 12.1 Å². The van der Waals surface area contributed by atoms with E-state index in [0.29, 0.717) is 22.0 Å². The number of nitrogens with zero attached hydrogens (tertiary/aromatic N) is 1. The van der Waals surface area contributed by atoms with Crippen molar-refractivity contribution in [2.75, 3.05) is 0 Å². The molecular formula is C13H9N3O4. The third kappa shape index (κ3) is 1.64. The van der Waals surface area contributed by atoms with Gasteiger partial charge < -0.3 is 15.3 Å². The zero-order chi connectivity index (χ0) is 14.3. The van der Waals surface area contributed by atoms with Gasteiger partial charge in [0.2, 0.25) is 5.76 Å². The van der Waals surface area contributed by atoms with Crippen molar-refractivity contribution in [2.24, 2.45) is 5.73 Å². The maximum atomic E-state index is 11.4. The van der Waals surface area contributed by atoms with Gasteiger partial charge in [0.1, 0.15) is 0 Å². The average molecular weight is 271 g/mol. The molecular weight excluding hydrogens is 262 g/mol. The van der Waals surface area contributed by atoms with Gasteiger partial charge in [0.05, 0.1) is 11.8 Å². The highest BCUT2D eigenvalue weighted by Gasteiger charge is 2.21. The van der Waals surface area contributed by atoms with E-state index in [1.807, 2.05) is 0 Å². The summed E-state index contributed by atoms with van der Waals surface area (Å²) in [5.41, 5.74) is 6.83. The third-order valence-electron chi connectivity index (χ3n) is 2.97. The number of nitrogens with two attached hydrogens (primary N) is 1. The average Bonchev–Trinajstić information content (AvgIpc) is 3.04. The molecule has 0 saturated heterocycles. The second-order valence-corrected chi connectivity index (χ2v) is 4.13. The molecule has 0 bridgehead atoms. The normalized spacial score (nSPS) is 10.8. The monoisotopic (exact) mass is 271 g/mol. The minimum absolute atomic E-state index is 0.0631. The summed E-state index contributed by atoms with van der Waals surface area (Å²) < 4.78 is 4.96. The summed E-state index contributed by atoms with van der Waals surface area (Å²) in [5, 5.41) is 16.1. The number of carboxylic acids is 1. The van der Waals surface area contributed by atoms with Gasteiger partial charge in [-0.05, 0) is 17.7 Å². The van der Waals surface area contributed by atoms with Crippen LogP contribution in [0, 0.1) is 0 Å². The summed E-state index contributed by atoms with van der Waals surface area (Å²) in [4.78, 5) is 22.6. The molecule has 4 N–H and O–H groups in total. The van der Waals surface area contributed by atoms with Gasteiger partial charge in [-0.2, -0.15) is 5.10 Å². The number of benzene rings is 1. The molecule has 0 aliphatic rings. The molecule has 2 aromatic heterocycles. The summed E-state index contributed by atoms with van der Waals surface area (Å²) in [6.07, 6.45) is 1.28. The second-order valence-electron chi connectivity index (χ2n) is 4.13. The van der Waals surface area contributed by atoms with Gasteiger partial charge in [-0.3, -0.25) is 9.89 Å². The predicted octanol–water partition coefficient (Wildman–Crippen LogP) is 1.62. The van der Waals surface area contributed by atoms with Crippen molar-refractivity contribution >= 4 is 22.8 Å². The van der Waals surface area contributed by atoms with Crippen LogP contribution in [0.5, 0.6) is 0 Å². The number of aromatic carboxylic acids is 1. The molecule has 0 unspecified atom stereocenters. The van der Waals surface area contributed by atoms with Crippen LogP contribution < -0.4 is 5.73 Å². The fourth-order valence-corrected chi connectivity index (χ4v) is 2.16. The maximum Gasteiger partial charge on any atom is 0.372 e. The minimum atomic E-state index is -1.19. The van der Waals surface area contributed by atoms with E-state index in [0.717, 1.165) is 0 Å². The number of carbonyl (C=O) groups is 2. The number of carboxylic acid groups (broad SMARTS) is 1. The molecule has 100 valence electrons. The zero-order valence-corrected chi connectivity index (χ0v) is 10.1. The number of rotatable bonds is 3. The number of primary amides is 1. The van der Waals surface area contributed by atoms with Crippen molar-refractivity contribution in [3.63, 3.8) is 0 Å². The first kappa shape index (κ1) is 12.0. The first-order valence-electron chi connectivity index (χ1n) is 5.67. The number of aromatic nitrogens is 2. The number of carbonyl (C=O) groups excluding carboxylic acids is 1. The van der Waals surface area contributed by atoms with Crippen LogP contribution in [-0.4, -0.2) is 27.2 Å². The van der Waals surface area contributed by atoms with Gasteiger partial charge in [-0.25, -0.2) is 4.79 Å². The Bertz CT molecular complexity index is 831. The lowest BCUT2D eigenvalue weighted by atomic mass is 10.00. The molecule has 1 aromatic carbocycles. The summed E-state index contributed by atoms with van der Waals surface area (Å²) in [6.45, 7) is 0. The molecule has 1 amide bonds. The van der Waals surface area contributed by atoms with Gasteiger partial charge in [0.15, 0.2) is 5.69 Å². The van der Waals surface area contributed by atoms with E-state index in [-0.39, 0.29) is 11.5 Å². The SMILES string of the molecule is NC(=O)c1n[nH]c2cccc(-c3ccoc3C(=O)O)c12. The molecule has 7 nitrogen and oxygen atoms in total. The van der Waals surface area contributed by atoms with Crippen LogP contribution in [0.1, 0.15) is 21.0 Å². The highest BCUT2D eigenvalue weighted by molar-refractivity contribution is 6.11. The lowest BCUT2D eigenvalue weighted by Crippen LogP contribution is -2.12. The van der Waals surface area contributed by atoms with Crippen LogP contribution in [-0.2, 0) is 0 Å². The van der Waals surface area contributed by atoms with E-state index >= 15 is 0 Å². The molecule has 0 aliphatic heterocycles. The predicted molar refractivity (Wildman–Crippen MR) is 69.3 cm³/mol. The third-order valence-corrected chi connectivity index (χ3v) is 2.97. The van der Waals surface area contributed by atoms with Crippen molar-refractivity contribution < 1.29 is 19.1 Å². The molecule has 0 fully saturated rings. The Morgan fingerprint density at radius 3 is 2.75 bits per heavy atom. The Morgan fingerprint density at radius 1 is 1.25 bits per heavy atom. The molecule has 0 atom stereocenters. The number of fused-ring (bicyclic) bond motifs is 1. The van der Waals surface area contributed by atoms with Gasteiger partial charge >= 0.3 is 5.97 Å². The molecule has 0 radical (unpaired) electrons. The van der Waals surface area contributed by atoms with Crippen molar-refractivity contribution in [1.29, 1.82) is 0 Å². The van der Waals surface area contributed by atoms with Crippen molar-refractivity contribution in [1.82, 2.24) is 10.2 Å². The van der Waals surface area contributed by atoms with Crippen LogP contribution >= 0.6 is 0 Å². The number of hydrogen-bond donors (Lipinski definition) is 3. The van der Waals surface area contributed by atoms with E-state index in [9.17, 15) is 9.59 Å². The summed E-state index contributed by atoms with van der Waals surface area (Å²) in [6, 6.07) is 6.65. The smallest absolute Gasteiger partial charge is 0.372 e. The largest absolute Gasteiger partial charge is 0.475 e. The fraction of sp³-hybridized carbons (Fsp3) is 0. The highest BCUT2D eigenvalue weighted by atomic mass is 16.4. The Kier molecular flexibility index (Phi) is 2.53. The van der Waals surface area contributed by atoms with E-state index < -0.39 is 11.9 Å². The van der Waals surface area contributed by atoms with Crippen molar-refractivity contribution in [2.45, 2.75) is 0 Å². The Hall–Kier alpha value is -3.09. The summed E-state index contributed by atoms with van der Waals surface area (Å²) in [7, 11) is 0.